The fourth-order valence-corrected chi connectivity index (χ4v) is 5.10. The van der Waals surface area contributed by atoms with Crippen LogP contribution in [0.5, 0.6) is 0 Å². The standard InChI is InChI=1S/C20H28N6O2S/c1-13-10-14(2)26(24-13)9-8-17-22-23-20(29-17)21-19(28)15-11-18(27)25(12-15)16-6-4-3-5-7-16/h10,15-16H,3-9,11-12H2,1-2H3,(H,21,23,28). The molecule has 1 saturated heterocycles. The van der Waals surface area contributed by atoms with Crippen molar-refractivity contribution in [2.75, 3.05) is 11.9 Å². The second-order valence-corrected chi connectivity index (χ2v) is 9.19. The molecular weight excluding hydrogens is 388 g/mol. The number of carbonyl (C=O) groups excluding carboxylic acids is 2. The molecule has 0 bridgehead atoms. The summed E-state index contributed by atoms with van der Waals surface area (Å²) in [6.07, 6.45) is 6.75. The molecule has 156 valence electrons. The summed E-state index contributed by atoms with van der Waals surface area (Å²) in [6.45, 7) is 5.27. The van der Waals surface area contributed by atoms with E-state index in [9.17, 15) is 9.59 Å². The molecule has 9 heteroatoms. The third-order valence-electron chi connectivity index (χ3n) is 5.88. The Morgan fingerprint density at radius 1 is 1.24 bits per heavy atom. The van der Waals surface area contributed by atoms with Crippen molar-refractivity contribution in [3.63, 3.8) is 0 Å². The van der Waals surface area contributed by atoms with E-state index >= 15 is 0 Å². The van der Waals surface area contributed by atoms with Gasteiger partial charge >= 0.3 is 0 Å². The van der Waals surface area contributed by atoms with E-state index in [2.05, 4.69) is 20.6 Å². The monoisotopic (exact) mass is 416 g/mol. The van der Waals surface area contributed by atoms with Gasteiger partial charge in [0, 0.05) is 37.7 Å². The number of aromatic nitrogens is 4. The second-order valence-electron chi connectivity index (χ2n) is 8.13. The van der Waals surface area contributed by atoms with Crippen molar-refractivity contribution in [1.82, 2.24) is 24.9 Å². The van der Waals surface area contributed by atoms with Gasteiger partial charge in [0.1, 0.15) is 5.01 Å². The minimum absolute atomic E-state index is 0.111. The maximum absolute atomic E-state index is 12.7. The zero-order chi connectivity index (χ0) is 20.4. The van der Waals surface area contributed by atoms with E-state index in [1.807, 2.05) is 29.5 Å². The molecule has 1 aliphatic carbocycles. The first-order valence-electron chi connectivity index (χ1n) is 10.4. The Labute approximate surface area is 174 Å². The van der Waals surface area contributed by atoms with Gasteiger partial charge in [0.05, 0.1) is 11.6 Å². The lowest BCUT2D eigenvalue weighted by Crippen LogP contribution is -2.38. The molecule has 1 saturated carbocycles. The predicted octanol–water partition coefficient (Wildman–Crippen LogP) is 2.71. The van der Waals surface area contributed by atoms with Gasteiger partial charge < -0.3 is 10.2 Å². The molecule has 1 aliphatic heterocycles. The molecule has 1 unspecified atom stereocenters. The van der Waals surface area contributed by atoms with Gasteiger partial charge in [-0.15, -0.1) is 10.2 Å². The SMILES string of the molecule is Cc1cc(C)n(CCc2nnc(NC(=O)C3CC(=O)N(C4CCCCC4)C3)s2)n1. The molecule has 2 aromatic heterocycles. The van der Waals surface area contributed by atoms with Crippen LogP contribution in [0, 0.1) is 19.8 Å². The molecule has 2 amide bonds. The van der Waals surface area contributed by atoms with E-state index in [0.29, 0.717) is 30.6 Å². The lowest BCUT2D eigenvalue weighted by molar-refractivity contribution is -0.130. The lowest BCUT2D eigenvalue weighted by Gasteiger charge is -2.31. The van der Waals surface area contributed by atoms with Crippen molar-refractivity contribution in [2.45, 2.75) is 71.4 Å². The van der Waals surface area contributed by atoms with Crippen LogP contribution in [-0.2, 0) is 22.6 Å². The fourth-order valence-electron chi connectivity index (χ4n) is 4.37. The molecule has 1 atom stereocenters. The third kappa shape index (κ3) is 4.66. The quantitative estimate of drug-likeness (QED) is 0.782. The third-order valence-corrected chi connectivity index (χ3v) is 6.78. The first-order valence-corrected chi connectivity index (χ1v) is 11.2. The largest absolute Gasteiger partial charge is 0.339 e. The number of anilines is 1. The van der Waals surface area contributed by atoms with Crippen molar-refractivity contribution < 1.29 is 9.59 Å². The zero-order valence-electron chi connectivity index (χ0n) is 17.1. The van der Waals surface area contributed by atoms with Crippen LogP contribution in [0.4, 0.5) is 5.13 Å². The van der Waals surface area contributed by atoms with E-state index in [-0.39, 0.29) is 17.7 Å². The Balaban J connectivity index is 1.30. The van der Waals surface area contributed by atoms with Crippen LogP contribution >= 0.6 is 11.3 Å². The van der Waals surface area contributed by atoms with Crippen LogP contribution in [0.25, 0.3) is 0 Å². The van der Waals surface area contributed by atoms with E-state index in [1.165, 1.54) is 30.6 Å². The Morgan fingerprint density at radius 2 is 2.03 bits per heavy atom. The van der Waals surface area contributed by atoms with Gasteiger partial charge in [-0.3, -0.25) is 14.3 Å². The van der Waals surface area contributed by atoms with Crippen LogP contribution in [0.1, 0.15) is 54.9 Å². The van der Waals surface area contributed by atoms with Gasteiger partial charge in [0.15, 0.2) is 0 Å². The summed E-state index contributed by atoms with van der Waals surface area (Å²) in [5.41, 5.74) is 2.12. The summed E-state index contributed by atoms with van der Waals surface area (Å²) in [4.78, 5) is 27.0. The molecule has 0 spiro atoms. The number of likely N-dealkylation sites (tertiary alicyclic amines) is 1. The summed E-state index contributed by atoms with van der Waals surface area (Å²) >= 11 is 1.39. The van der Waals surface area contributed by atoms with E-state index in [1.54, 1.807) is 0 Å². The van der Waals surface area contributed by atoms with Gasteiger partial charge in [0.2, 0.25) is 16.9 Å². The number of nitrogens with one attached hydrogen (secondary N) is 1. The first kappa shape index (κ1) is 20.0. The molecule has 2 aliphatic rings. The number of carbonyl (C=O) groups is 2. The summed E-state index contributed by atoms with van der Waals surface area (Å²) < 4.78 is 1.96. The van der Waals surface area contributed by atoms with Crippen molar-refractivity contribution in [1.29, 1.82) is 0 Å². The fraction of sp³-hybridized carbons (Fsp3) is 0.650. The highest BCUT2D eigenvalue weighted by molar-refractivity contribution is 7.15. The molecule has 2 fully saturated rings. The highest BCUT2D eigenvalue weighted by atomic mass is 32.1. The van der Waals surface area contributed by atoms with E-state index < -0.39 is 0 Å². The lowest BCUT2D eigenvalue weighted by atomic mass is 9.94. The molecule has 4 rings (SSSR count). The van der Waals surface area contributed by atoms with Gasteiger partial charge in [-0.05, 0) is 32.8 Å². The number of hydrogen-bond acceptors (Lipinski definition) is 6. The van der Waals surface area contributed by atoms with Crippen molar-refractivity contribution in [3.05, 3.63) is 22.5 Å². The molecule has 8 nitrogen and oxygen atoms in total. The Kier molecular flexibility index (Phi) is 5.94. The van der Waals surface area contributed by atoms with Gasteiger partial charge in [-0.25, -0.2) is 0 Å². The minimum atomic E-state index is -0.300. The number of amides is 2. The smallest absolute Gasteiger partial charge is 0.231 e. The number of aryl methyl sites for hydroxylation is 4. The van der Waals surface area contributed by atoms with Crippen LogP contribution in [0.3, 0.4) is 0 Å². The van der Waals surface area contributed by atoms with Gasteiger partial charge in [-0.1, -0.05) is 30.6 Å². The first-order chi connectivity index (χ1) is 14.0. The number of rotatable bonds is 6. The average Bonchev–Trinajstić information content (AvgIpc) is 3.39. The Bertz CT molecular complexity index is 885. The van der Waals surface area contributed by atoms with Crippen LogP contribution in [-0.4, -0.2) is 49.3 Å². The normalized spacial score (nSPS) is 20.4. The summed E-state index contributed by atoms with van der Waals surface area (Å²) in [6, 6.07) is 2.36. The number of hydrogen-bond donors (Lipinski definition) is 1. The highest BCUT2D eigenvalue weighted by Crippen LogP contribution is 2.29. The maximum Gasteiger partial charge on any atom is 0.231 e. The van der Waals surface area contributed by atoms with Crippen LogP contribution in [0.15, 0.2) is 6.07 Å². The van der Waals surface area contributed by atoms with E-state index in [4.69, 9.17) is 0 Å². The summed E-state index contributed by atoms with van der Waals surface area (Å²) in [5.74, 6) is -0.315. The maximum atomic E-state index is 12.7. The zero-order valence-corrected chi connectivity index (χ0v) is 17.9. The molecule has 2 aromatic rings. The Hall–Kier alpha value is -2.29. The summed E-state index contributed by atoms with van der Waals surface area (Å²) in [7, 11) is 0. The molecule has 1 N–H and O–H groups in total. The van der Waals surface area contributed by atoms with Crippen molar-refractivity contribution in [2.24, 2.45) is 5.92 Å². The molecule has 0 radical (unpaired) electrons. The van der Waals surface area contributed by atoms with Gasteiger partial charge in [-0.2, -0.15) is 5.10 Å². The Morgan fingerprint density at radius 3 is 2.76 bits per heavy atom. The molecule has 29 heavy (non-hydrogen) atoms. The number of nitrogens with zero attached hydrogens (tertiary/aromatic N) is 5. The van der Waals surface area contributed by atoms with Crippen LogP contribution < -0.4 is 5.32 Å². The van der Waals surface area contributed by atoms with E-state index in [0.717, 1.165) is 35.8 Å². The topological polar surface area (TPSA) is 93.0 Å². The van der Waals surface area contributed by atoms with Gasteiger partial charge in [0.25, 0.3) is 0 Å². The molecule has 3 heterocycles. The average molecular weight is 417 g/mol. The minimum Gasteiger partial charge on any atom is -0.339 e. The summed E-state index contributed by atoms with van der Waals surface area (Å²) in [5, 5.41) is 17.0. The molecular formula is C20H28N6O2S. The highest BCUT2D eigenvalue weighted by Gasteiger charge is 2.38. The second kappa shape index (κ2) is 8.61. The molecule has 0 aromatic carbocycles. The van der Waals surface area contributed by atoms with Crippen molar-refractivity contribution in [3.8, 4) is 0 Å². The predicted molar refractivity (Wildman–Crippen MR) is 111 cm³/mol. The van der Waals surface area contributed by atoms with Crippen LogP contribution in [0.2, 0.25) is 0 Å². The van der Waals surface area contributed by atoms with Crippen molar-refractivity contribution >= 4 is 28.3 Å².